The van der Waals surface area contributed by atoms with Crippen molar-refractivity contribution in [2.45, 2.75) is 23.6 Å². The molecule has 0 aliphatic heterocycles. The second kappa shape index (κ2) is 3.67. The summed E-state index contributed by atoms with van der Waals surface area (Å²) in [6.45, 7) is 0. The average Bonchev–Trinajstić information content (AvgIpc) is 2.35. The molecule has 0 heterocycles. The quantitative estimate of drug-likeness (QED) is 0.438. The van der Waals surface area contributed by atoms with Gasteiger partial charge in [0.25, 0.3) is 0 Å². The molecule has 0 N–H and O–H groups in total. The molecule has 0 radical (unpaired) electrons. The van der Waals surface area contributed by atoms with Gasteiger partial charge < -0.3 is 0 Å². The minimum atomic E-state index is -5.80. The SMILES string of the molecule is FC1(F)C(F)(F)C(F)(N=Nc2ccccc2)C1(F)F. The van der Waals surface area contributed by atoms with Crippen LogP contribution in [0.3, 0.4) is 0 Å². The number of hydrogen-bond donors (Lipinski definition) is 0. The summed E-state index contributed by atoms with van der Waals surface area (Å²) in [7, 11) is 0. The predicted molar refractivity (Wildman–Crippen MR) is 49.6 cm³/mol. The van der Waals surface area contributed by atoms with Crippen molar-refractivity contribution in [2.24, 2.45) is 10.2 Å². The summed E-state index contributed by atoms with van der Waals surface area (Å²) in [6.07, 6.45) is 0. The van der Waals surface area contributed by atoms with Crippen LogP contribution in [0.2, 0.25) is 0 Å². The first kappa shape index (κ1) is 13.8. The van der Waals surface area contributed by atoms with E-state index in [2.05, 4.69) is 10.2 Å². The second-order valence-corrected chi connectivity index (χ2v) is 3.88. The molecule has 1 aromatic rings. The maximum absolute atomic E-state index is 13.4. The van der Waals surface area contributed by atoms with Crippen molar-refractivity contribution in [3.63, 3.8) is 0 Å². The Hall–Kier alpha value is -1.67. The molecular weight excluding hydrogens is 281 g/mol. The van der Waals surface area contributed by atoms with Gasteiger partial charge in [-0.15, -0.1) is 5.11 Å². The zero-order valence-corrected chi connectivity index (χ0v) is 8.93. The first-order valence-corrected chi connectivity index (χ1v) is 4.88. The van der Waals surface area contributed by atoms with Crippen LogP contribution in [0.25, 0.3) is 0 Å². The van der Waals surface area contributed by atoms with Crippen LogP contribution < -0.4 is 0 Å². The van der Waals surface area contributed by atoms with Crippen LogP contribution in [0, 0.1) is 0 Å². The van der Waals surface area contributed by atoms with Crippen LogP contribution in [-0.4, -0.2) is 23.6 Å². The van der Waals surface area contributed by atoms with Crippen LogP contribution in [0.5, 0.6) is 0 Å². The summed E-state index contributed by atoms with van der Waals surface area (Å²) in [5.41, 5.74) is -0.221. The number of alkyl halides is 7. The number of hydrogen-bond acceptors (Lipinski definition) is 2. The molecule has 2 rings (SSSR count). The molecule has 0 atom stereocenters. The lowest BCUT2D eigenvalue weighted by Crippen LogP contribution is -2.83. The van der Waals surface area contributed by atoms with Gasteiger partial charge in [0.05, 0.1) is 5.69 Å². The summed E-state index contributed by atoms with van der Waals surface area (Å²) >= 11 is 0. The molecule has 1 aliphatic carbocycles. The Bertz CT molecular complexity index is 494. The fourth-order valence-electron chi connectivity index (χ4n) is 1.49. The average molecular weight is 286 g/mol. The molecule has 19 heavy (non-hydrogen) atoms. The van der Waals surface area contributed by atoms with E-state index in [1.165, 1.54) is 18.2 Å². The molecule has 104 valence electrons. The lowest BCUT2D eigenvalue weighted by atomic mass is 9.76. The minimum absolute atomic E-state index is 0.221. The van der Waals surface area contributed by atoms with Gasteiger partial charge in [0.1, 0.15) is 0 Å². The Morgan fingerprint density at radius 1 is 0.684 bits per heavy atom. The van der Waals surface area contributed by atoms with Crippen molar-refractivity contribution in [1.82, 2.24) is 0 Å². The molecule has 1 fully saturated rings. The fourth-order valence-corrected chi connectivity index (χ4v) is 1.49. The van der Waals surface area contributed by atoms with E-state index in [0.29, 0.717) is 0 Å². The first-order valence-electron chi connectivity index (χ1n) is 4.88. The Balaban J connectivity index is 2.37. The lowest BCUT2D eigenvalue weighted by molar-refractivity contribution is -0.472. The van der Waals surface area contributed by atoms with E-state index in [9.17, 15) is 30.7 Å². The van der Waals surface area contributed by atoms with Crippen molar-refractivity contribution in [3.05, 3.63) is 30.3 Å². The monoisotopic (exact) mass is 286 g/mol. The van der Waals surface area contributed by atoms with Gasteiger partial charge in [-0.25, -0.2) is 4.39 Å². The van der Waals surface area contributed by atoms with Crippen LogP contribution in [0.15, 0.2) is 40.6 Å². The van der Waals surface area contributed by atoms with Crippen molar-refractivity contribution in [2.75, 3.05) is 0 Å². The van der Waals surface area contributed by atoms with Crippen molar-refractivity contribution in [1.29, 1.82) is 0 Å². The highest BCUT2D eigenvalue weighted by Crippen LogP contribution is 2.69. The van der Waals surface area contributed by atoms with E-state index < -0.39 is 23.6 Å². The number of benzene rings is 1. The van der Waals surface area contributed by atoms with Gasteiger partial charge in [0.2, 0.25) is 0 Å². The molecule has 1 aromatic carbocycles. The van der Waals surface area contributed by atoms with E-state index in [0.717, 1.165) is 12.1 Å². The molecule has 0 aromatic heterocycles. The number of rotatable bonds is 2. The molecule has 0 spiro atoms. The van der Waals surface area contributed by atoms with Crippen molar-refractivity contribution >= 4 is 5.69 Å². The smallest absolute Gasteiger partial charge is 0.202 e. The standard InChI is InChI=1S/C10H5F7N2/c11-7(12)8(13,14)10(17,9(7,15)16)19-18-6-4-2-1-3-5-6/h1-5H. The Morgan fingerprint density at radius 2 is 1.16 bits per heavy atom. The van der Waals surface area contributed by atoms with Crippen molar-refractivity contribution < 1.29 is 30.7 Å². The van der Waals surface area contributed by atoms with Gasteiger partial charge in [-0.3, -0.25) is 0 Å². The van der Waals surface area contributed by atoms with Crippen LogP contribution in [-0.2, 0) is 0 Å². The Morgan fingerprint density at radius 3 is 1.63 bits per heavy atom. The van der Waals surface area contributed by atoms with E-state index in [4.69, 9.17) is 0 Å². The Kier molecular flexibility index (Phi) is 2.66. The van der Waals surface area contributed by atoms with Gasteiger partial charge in [-0.05, 0) is 12.1 Å². The third-order valence-electron chi connectivity index (χ3n) is 2.68. The summed E-state index contributed by atoms with van der Waals surface area (Å²) in [5, 5.41) is 4.92. The van der Waals surface area contributed by atoms with Gasteiger partial charge in [-0.2, -0.15) is 31.5 Å². The van der Waals surface area contributed by atoms with E-state index in [1.807, 2.05) is 0 Å². The third-order valence-corrected chi connectivity index (χ3v) is 2.68. The highest BCUT2D eigenvalue weighted by molar-refractivity contribution is 5.35. The largest absolute Gasteiger partial charge is 0.383 e. The summed E-state index contributed by atoms with van der Waals surface area (Å²) in [6, 6.07) is 6.50. The molecule has 2 nitrogen and oxygen atoms in total. The van der Waals surface area contributed by atoms with Crippen molar-refractivity contribution in [3.8, 4) is 0 Å². The summed E-state index contributed by atoms with van der Waals surface area (Å²) in [4.78, 5) is 0. The van der Waals surface area contributed by atoms with Crippen LogP contribution in [0.4, 0.5) is 36.4 Å². The maximum Gasteiger partial charge on any atom is 0.383 e. The molecule has 0 bridgehead atoms. The molecule has 1 aliphatic rings. The Labute approximate surface area is 101 Å². The van der Waals surface area contributed by atoms with Gasteiger partial charge in [0.15, 0.2) is 0 Å². The lowest BCUT2D eigenvalue weighted by Gasteiger charge is -2.50. The molecule has 9 heteroatoms. The minimum Gasteiger partial charge on any atom is -0.202 e. The molecule has 1 saturated carbocycles. The summed E-state index contributed by atoms with van der Waals surface area (Å²) in [5.74, 6) is -22.1. The zero-order chi connectivity index (χ0) is 14.5. The van der Waals surface area contributed by atoms with Gasteiger partial charge in [-0.1, -0.05) is 18.2 Å². The number of halogens is 7. The van der Waals surface area contributed by atoms with Crippen LogP contribution in [0.1, 0.15) is 0 Å². The number of nitrogens with zero attached hydrogens (tertiary/aromatic N) is 2. The van der Waals surface area contributed by atoms with Crippen LogP contribution >= 0.6 is 0 Å². The fraction of sp³-hybridized carbons (Fsp3) is 0.400. The third kappa shape index (κ3) is 1.44. The summed E-state index contributed by atoms with van der Waals surface area (Å²) < 4.78 is 89.6. The topological polar surface area (TPSA) is 24.7 Å². The normalized spacial score (nSPS) is 26.1. The molecule has 0 amide bonds. The first-order chi connectivity index (χ1) is 8.58. The number of azo groups is 1. The molecular formula is C10H5F7N2. The predicted octanol–water partition coefficient (Wildman–Crippen LogP) is 4.36. The second-order valence-electron chi connectivity index (χ2n) is 3.88. The molecule has 0 unspecified atom stereocenters. The highest BCUT2D eigenvalue weighted by atomic mass is 19.4. The highest BCUT2D eigenvalue weighted by Gasteiger charge is 3.01. The van der Waals surface area contributed by atoms with E-state index in [1.54, 1.807) is 0 Å². The van der Waals surface area contributed by atoms with E-state index in [-0.39, 0.29) is 5.69 Å². The van der Waals surface area contributed by atoms with Gasteiger partial charge in [0, 0.05) is 0 Å². The maximum atomic E-state index is 13.4. The van der Waals surface area contributed by atoms with E-state index >= 15 is 0 Å². The molecule has 0 saturated heterocycles. The zero-order valence-electron chi connectivity index (χ0n) is 8.93. The van der Waals surface area contributed by atoms with Gasteiger partial charge >= 0.3 is 23.6 Å².